The largest absolute Gasteiger partial charge is 0.496 e. The molecule has 7 heteroatoms. The van der Waals surface area contributed by atoms with Gasteiger partial charge in [-0.05, 0) is 48.4 Å². The Morgan fingerprint density at radius 3 is 2.17 bits per heavy atom. The average molecular weight is 414 g/mol. The number of ether oxygens (including phenoxy) is 1. The van der Waals surface area contributed by atoms with Crippen LogP contribution < -0.4 is 10.1 Å². The molecule has 2 aromatic rings. The maximum absolute atomic E-state index is 13.0. The fourth-order valence-electron chi connectivity index (χ4n) is 2.40. The second-order valence-corrected chi connectivity index (χ2v) is 8.43. The van der Waals surface area contributed by atoms with E-state index in [1.54, 1.807) is 7.11 Å². The highest BCUT2D eigenvalue weighted by Gasteiger charge is 2.35. The zero-order valence-electron chi connectivity index (χ0n) is 14.1. The van der Waals surface area contributed by atoms with Gasteiger partial charge in [0.1, 0.15) is 5.75 Å². The van der Waals surface area contributed by atoms with Gasteiger partial charge in [-0.1, -0.05) is 28.1 Å². The molecule has 0 saturated heterocycles. The lowest BCUT2D eigenvalue weighted by Crippen LogP contribution is -2.13. The van der Waals surface area contributed by atoms with Crippen LogP contribution in [0.3, 0.4) is 0 Å². The maximum atomic E-state index is 13.0. The van der Waals surface area contributed by atoms with Crippen molar-refractivity contribution < 1.29 is 18.3 Å². The summed E-state index contributed by atoms with van der Waals surface area (Å²) in [5, 5.41) is 3.27. The highest BCUT2D eigenvalue weighted by atomic mass is 79.9. The molecule has 1 unspecified atom stereocenters. The van der Waals surface area contributed by atoms with E-state index in [0.29, 0.717) is 0 Å². The zero-order valence-corrected chi connectivity index (χ0v) is 16.6. The predicted molar refractivity (Wildman–Crippen MR) is 99.9 cm³/mol. The number of benzene rings is 2. The van der Waals surface area contributed by atoms with Crippen LogP contribution in [0.15, 0.2) is 46.9 Å². The molecule has 0 spiro atoms. The number of rotatable bonds is 7. The second kappa shape index (κ2) is 8.17. The molecule has 0 aliphatic heterocycles. The van der Waals surface area contributed by atoms with Crippen molar-refractivity contribution in [2.75, 3.05) is 26.6 Å². The summed E-state index contributed by atoms with van der Waals surface area (Å²) in [6, 6.07) is 13.2. The molecule has 1 atom stereocenters. The first-order valence-corrected chi connectivity index (χ1v) is 9.72. The topological polar surface area (TPSA) is 56.8 Å². The normalized spacial score (nSPS) is 12.7. The molecule has 5 nitrogen and oxygen atoms in total. The minimum atomic E-state index is -3.39. The quantitative estimate of drug-likeness (QED) is 0.618. The van der Waals surface area contributed by atoms with Gasteiger partial charge in [0.15, 0.2) is 5.78 Å². The Hall–Kier alpha value is -1.33. The number of halogens is 1. The van der Waals surface area contributed by atoms with Gasteiger partial charge < -0.3 is 19.1 Å². The molecule has 2 aromatic carbocycles. The molecular formula is C17H21BrNO4P. The third kappa shape index (κ3) is 4.19. The van der Waals surface area contributed by atoms with Crippen LogP contribution in [-0.2, 0) is 13.6 Å². The summed E-state index contributed by atoms with van der Waals surface area (Å²) in [7, 11) is 1.02. The third-order valence-electron chi connectivity index (χ3n) is 3.71. The summed E-state index contributed by atoms with van der Waals surface area (Å²) < 4.78 is 29.7. The predicted octanol–water partition coefficient (Wildman–Crippen LogP) is 5.36. The molecule has 0 saturated carbocycles. The summed E-state index contributed by atoms with van der Waals surface area (Å²) in [4.78, 5) is 0. The monoisotopic (exact) mass is 413 g/mol. The molecule has 0 radical (unpaired) electrons. The summed E-state index contributed by atoms with van der Waals surface area (Å²) in [6.07, 6.45) is 0. The summed E-state index contributed by atoms with van der Waals surface area (Å²) >= 11 is 3.41. The molecule has 0 aliphatic rings. The van der Waals surface area contributed by atoms with Crippen molar-refractivity contribution in [3.05, 3.63) is 58.1 Å². The molecule has 24 heavy (non-hydrogen) atoms. The van der Waals surface area contributed by atoms with E-state index >= 15 is 0 Å². The molecule has 0 aliphatic carbocycles. The molecule has 0 bridgehead atoms. The van der Waals surface area contributed by atoms with Crippen LogP contribution in [0.4, 0.5) is 5.69 Å². The number of aryl methyl sites for hydroxylation is 1. The van der Waals surface area contributed by atoms with E-state index in [-0.39, 0.29) is 0 Å². The van der Waals surface area contributed by atoms with Gasteiger partial charge in [0.2, 0.25) is 0 Å². The fourth-order valence-corrected chi connectivity index (χ4v) is 4.08. The van der Waals surface area contributed by atoms with Crippen LogP contribution in [0.5, 0.6) is 5.75 Å². The Morgan fingerprint density at radius 2 is 1.67 bits per heavy atom. The van der Waals surface area contributed by atoms with E-state index < -0.39 is 13.4 Å². The van der Waals surface area contributed by atoms with Gasteiger partial charge in [-0.15, -0.1) is 0 Å². The van der Waals surface area contributed by atoms with Crippen molar-refractivity contribution in [1.29, 1.82) is 0 Å². The van der Waals surface area contributed by atoms with Gasteiger partial charge in [-0.25, -0.2) is 0 Å². The smallest absolute Gasteiger partial charge is 0.356 e. The third-order valence-corrected chi connectivity index (χ3v) is 6.32. The summed E-state index contributed by atoms with van der Waals surface area (Å²) in [5.41, 5.74) is 2.58. The van der Waals surface area contributed by atoms with Crippen molar-refractivity contribution in [3.8, 4) is 5.75 Å². The van der Waals surface area contributed by atoms with E-state index in [2.05, 4.69) is 21.2 Å². The van der Waals surface area contributed by atoms with E-state index in [1.807, 2.05) is 49.4 Å². The first-order chi connectivity index (χ1) is 11.4. The lowest BCUT2D eigenvalue weighted by molar-refractivity contribution is 0.268. The van der Waals surface area contributed by atoms with Gasteiger partial charge in [-0.2, -0.15) is 0 Å². The minimum absolute atomic E-state index is 0.631. The molecule has 2 rings (SSSR count). The number of anilines is 1. The second-order valence-electron chi connectivity index (χ2n) is 5.19. The van der Waals surface area contributed by atoms with Gasteiger partial charge in [-0.3, -0.25) is 4.57 Å². The lowest BCUT2D eigenvalue weighted by Gasteiger charge is -2.26. The van der Waals surface area contributed by atoms with E-state index in [4.69, 9.17) is 13.8 Å². The average Bonchev–Trinajstić information content (AvgIpc) is 2.60. The number of hydrogen-bond donors (Lipinski definition) is 1. The highest BCUT2D eigenvalue weighted by Crippen LogP contribution is 2.59. The lowest BCUT2D eigenvalue weighted by atomic mass is 10.2. The van der Waals surface area contributed by atoms with Crippen molar-refractivity contribution in [2.24, 2.45) is 0 Å². The van der Waals surface area contributed by atoms with Gasteiger partial charge in [0, 0.05) is 24.4 Å². The molecule has 0 aromatic heterocycles. The van der Waals surface area contributed by atoms with Crippen LogP contribution in [0.1, 0.15) is 16.9 Å². The van der Waals surface area contributed by atoms with Crippen molar-refractivity contribution in [3.63, 3.8) is 0 Å². The number of hydrogen-bond acceptors (Lipinski definition) is 5. The van der Waals surface area contributed by atoms with E-state index in [9.17, 15) is 4.57 Å². The Kier molecular flexibility index (Phi) is 6.47. The number of methoxy groups -OCH3 is 1. The highest BCUT2D eigenvalue weighted by molar-refractivity contribution is 9.10. The van der Waals surface area contributed by atoms with Crippen LogP contribution in [-0.4, -0.2) is 21.3 Å². The van der Waals surface area contributed by atoms with Crippen molar-refractivity contribution >= 4 is 29.2 Å². The standard InChI is InChI=1S/C17H21BrNO4P/c1-12-11-15(9-10-16(12)21-2)19-17(24(20,22-3)23-4)13-5-7-14(18)8-6-13/h5-11,17,19H,1-4H3. The Bertz CT molecular complexity index is 728. The SMILES string of the molecule is COc1ccc(NC(c2ccc(Br)cc2)P(=O)(OC)OC)cc1C. The Morgan fingerprint density at radius 1 is 1.04 bits per heavy atom. The maximum Gasteiger partial charge on any atom is 0.356 e. The van der Waals surface area contributed by atoms with Crippen LogP contribution in [0.2, 0.25) is 0 Å². The van der Waals surface area contributed by atoms with Gasteiger partial charge in [0.05, 0.1) is 7.11 Å². The van der Waals surface area contributed by atoms with Crippen LogP contribution >= 0.6 is 23.5 Å². The first kappa shape index (κ1) is 19.0. The van der Waals surface area contributed by atoms with Crippen LogP contribution in [0, 0.1) is 6.92 Å². The molecule has 1 N–H and O–H groups in total. The molecular weight excluding hydrogens is 393 g/mol. The molecule has 0 fully saturated rings. The van der Waals surface area contributed by atoms with E-state index in [1.165, 1.54) is 14.2 Å². The fraction of sp³-hybridized carbons (Fsp3) is 0.294. The van der Waals surface area contributed by atoms with Crippen molar-refractivity contribution in [2.45, 2.75) is 12.7 Å². The minimum Gasteiger partial charge on any atom is -0.496 e. The first-order valence-electron chi connectivity index (χ1n) is 7.31. The zero-order chi connectivity index (χ0) is 17.7. The summed E-state index contributed by atoms with van der Waals surface area (Å²) in [5.74, 6) is 0.163. The Labute approximate surface area is 151 Å². The Balaban J connectivity index is 2.41. The molecule has 0 amide bonds. The van der Waals surface area contributed by atoms with Crippen LogP contribution in [0.25, 0.3) is 0 Å². The van der Waals surface area contributed by atoms with Gasteiger partial charge in [0.25, 0.3) is 0 Å². The molecule has 0 heterocycles. The molecule has 130 valence electrons. The van der Waals surface area contributed by atoms with Gasteiger partial charge >= 0.3 is 7.60 Å². The number of nitrogens with one attached hydrogen (secondary N) is 1. The van der Waals surface area contributed by atoms with Crippen molar-refractivity contribution in [1.82, 2.24) is 0 Å². The van der Waals surface area contributed by atoms with E-state index in [0.717, 1.165) is 27.0 Å². The summed E-state index contributed by atoms with van der Waals surface area (Å²) in [6.45, 7) is 1.95.